The number of benzene rings is 1. The van der Waals surface area contributed by atoms with E-state index < -0.39 is 5.54 Å². The van der Waals surface area contributed by atoms with Gasteiger partial charge in [0.1, 0.15) is 0 Å². The molecule has 2 atom stereocenters. The van der Waals surface area contributed by atoms with Crippen molar-refractivity contribution in [1.82, 2.24) is 15.1 Å². The highest BCUT2D eigenvalue weighted by Gasteiger charge is 2.67. The van der Waals surface area contributed by atoms with Gasteiger partial charge < -0.3 is 20.2 Å². The molecule has 2 N–H and O–H groups in total. The van der Waals surface area contributed by atoms with Gasteiger partial charge in [0, 0.05) is 32.0 Å². The fourth-order valence-corrected chi connectivity index (χ4v) is 5.45. The first-order valence-corrected chi connectivity index (χ1v) is 10.6. The molecule has 2 fully saturated rings. The largest absolute Gasteiger partial charge is 0.394 e. The molecule has 1 aromatic carbocycles. The van der Waals surface area contributed by atoms with Gasteiger partial charge in [0.15, 0.2) is 0 Å². The lowest BCUT2D eigenvalue weighted by Crippen LogP contribution is -2.86. The van der Waals surface area contributed by atoms with Gasteiger partial charge >= 0.3 is 6.03 Å². The minimum atomic E-state index is -0.415. The Bertz CT molecular complexity index is 824. The standard InChI is InChI=1S/C23H31N3O3/c1-15(2)24-22(29)25-13-23(14-25)21(20(12-27)26(23)16(3)28)19-10-8-18(9-11-19)17-6-4-5-7-17/h6,8-11,15,20-21,27H,4-5,7,12-14H2,1-3H3,(H,24,29)/t20-,21+/m0/s1. The van der Waals surface area contributed by atoms with E-state index in [1.165, 1.54) is 17.6 Å². The van der Waals surface area contributed by atoms with Crippen molar-refractivity contribution < 1.29 is 14.7 Å². The number of hydrogen-bond donors (Lipinski definition) is 2. The molecule has 1 spiro atoms. The van der Waals surface area contributed by atoms with Crippen molar-refractivity contribution in [3.8, 4) is 0 Å². The molecule has 2 heterocycles. The molecule has 0 bridgehead atoms. The zero-order valence-electron chi connectivity index (χ0n) is 17.5. The zero-order chi connectivity index (χ0) is 20.8. The van der Waals surface area contributed by atoms with Crippen LogP contribution in [0.3, 0.4) is 0 Å². The summed E-state index contributed by atoms with van der Waals surface area (Å²) in [5, 5.41) is 12.9. The molecule has 3 aliphatic rings. The Morgan fingerprint density at radius 3 is 2.45 bits per heavy atom. The summed E-state index contributed by atoms with van der Waals surface area (Å²) in [5.74, 6) is -0.0111. The summed E-state index contributed by atoms with van der Waals surface area (Å²) in [4.78, 5) is 28.3. The van der Waals surface area contributed by atoms with Crippen molar-refractivity contribution in [2.75, 3.05) is 19.7 Å². The maximum atomic E-state index is 12.4. The maximum Gasteiger partial charge on any atom is 0.317 e. The molecule has 2 aliphatic heterocycles. The first kappa shape index (κ1) is 20.0. The van der Waals surface area contributed by atoms with Crippen LogP contribution in [0.15, 0.2) is 30.3 Å². The summed E-state index contributed by atoms with van der Waals surface area (Å²) in [5.41, 5.74) is 3.38. The van der Waals surface area contributed by atoms with Gasteiger partial charge in [-0.1, -0.05) is 30.3 Å². The highest BCUT2D eigenvalue weighted by molar-refractivity contribution is 5.80. The van der Waals surface area contributed by atoms with E-state index in [1.54, 1.807) is 16.7 Å². The summed E-state index contributed by atoms with van der Waals surface area (Å²) < 4.78 is 0. The van der Waals surface area contributed by atoms with Crippen LogP contribution in [-0.4, -0.2) is 64.2 Å². The lowest BCUT2D eigenvalue weighted by atomic mass is 9.60. The Balaban J connectivity index is 1.57. The highest BCUT2D eigenvalue weighted by Crippen LogP contribution is 2.54. The number of hydrogen-bond acceptors (Lipinski definition) is 3. The summed E-state index contributed by atoms with van der Waals surface area (Å²) in [6, 6.07) is 8.33. The van der Waals surface area contributed by atoms with Crippen molar-refractivity contribution in [2.45, 2.75) is 63.6 Å². The van der Waals surface area contributed by atoms with Gasteiger partial charge in [0.2, 0.25) is 5.91 Å². The second-order valence-corrected chi connectivity index (χ2v) is 8.92. The van der Waals surface area contributed by atoms with Gasteiger partial charge in [-0.2, -0.15) is 0 Å². The monoisotopic (exact) mass is 397 g/mol. The van der Waals surface area contributed by atoms with Crippen LogP contribution in [0.1, 0.15) is 57.1 Å². The van der Waals surface area contributed by atoms with Crippen LogP contribution in [0.25, 0.3) is 5.57 Å². The van der Waals surface area contributed by atoms with Crippen molar-refractivity contribution in [3.63, 3.8) is 0 Å². The van der Waals surface area contributed by atoms with Gasteiger partial charge in [-0.25, -0.2) is 4.79 Å². The van der Waals surface area contributed by atoms with Crippen LogP contribution >= 0.6 is 0 Å². The number of aliphatic hydroxyl groups excluding tert-OH is 1. The third-order valence-corrected chi connectivity index (χ3v) is 6.61. The minimum absolute atomic E-state index is 0.0334. The molecule has 3 amide bonds. The van der Waals surface area contributed by atoms with Gasteiger partial charge in [0.05, 0.1) is 18.2 Å². The van der Waals surface area contributed by atoms with Crippen LogP contribution < -0.4 is 5.32 Å². The summed E-state index contributed by atoms with van der Waals surface area (Å²) >= 11 is 0. The van der Waals surface area contributed by atoms with Crippen LogP contribution in [0, 0.1) is 0 Å². The van der Waals surface area contributed by atoms with E-state index in [-0.39, 0.29) is 36.5 Å². The van der Waals surface area contributed by atoms with Crippen LogP contribution in [0.2, 0.25) is 0 Å². The average Bonchev–Trinajstić information content (AvgIpc) is 3.14. The third-order valence-electron chi connectivity index (χ3n) is 6.61. The van der Waals surface area contributed by atoms with Gasteiger partial charge in [-0.15, -0.1) is 0 Å². The first-order valence-electron chi connectivity index (χ1n) is 10.6. The number of aliphatic hydroxyl groups is 1. The number of urea groups is 1. The molecule has 0 saturated carbocycles. The Morgan fingerprint density at radius 1 is 1.24 bits per heavy atom. The van der Waals surface area contributed by atoms with E-state index in [4.69, 9.17) is 0 Å². The number of amides is 3. The predicted octanol–water partition coefficient (Wildman–Crippen LogP) is 2.73. The molecule has 6 nitrogen and oxygen atoms in total. The van der Waals surface area contributed by atoms with Crippen LogP contribution in [-0.2, 0) is 4.79 Å². The van der Waals surface area contributed by atoms with E-state index in [0.29, 0.717) is 13.1 Å². The number of rotatable bonds is 4. The molecular weight excluding hydrogens is 366 g/mol. The number of allylic oxidation sites excluding steroid dienone is 2. The molecule has 0 radical (unpaired) electrons. The third kappa shape index (κ3) is 3.23. The summed E-state index contributed by atoms with van der Waals surface area (Å²) in [6.07, 6.45) is 5.81. The number of carbonyl (C=O) groups is 2. The number of nitrogens with zero attached hydrogens (tertiary/aromatic N) is 2. The van der Waals surface area contributed by atoms with Crippen LogP contribution in [0.5, 0.6) is 0 Å². The summed E-state index contributed by atoms with van der Waals surface area (Å²) in [6.45, 7) is 6.35. The lowest BCUT2D eigenvalue weighted by Gasteiger charge is -2.70. The molecule has 4 rings (SSSR count). The molecule has 2 saturated heterocycles. The topological polar surface area (TPSA) is 72.9 Å². The molecule has 0 unspecified atom stereocenters. The fraction of sp³-hybridized carbons (Fsp3) is 0.565. The van der Waals surface area contributed by atoms with E-state index >= 15 is 0 Å². The average molecular weight is 398 g/mol. The fourth-order valence-electron chi connectivity index (χ4n) is 5.45. The van der Waals surface area contributed by atoms with Crippen molar-refractivity contribution in [1.29, 1.82) is 0 Å². The predicted molar refractivity (Wildman–Crippen MR) is 112 cm³/mol. The smallest absolute Gasteiger partial charge is 0.317 e. The number of carbonyl (C=O) groups excluding carboxylic acids is 2. The molecular formula is C23H31N3O3. The Morgan fingerprint density at radius 2 is 1.93 bits per heavy atom. The highest BCUT2D eigenvalue weighted by atomic mass is 16.3. The molecule has 1 aliphatic carbocycles. The molecule has 6 heteroatoms. The molecule has 0 aromatic heterocycles. The van der Waals surface area contributed by atoms with Gasteiger partial charge in [-0.05, 0) is 49.8 Å². The number of likely N-dealkylation sites (tertiary alicyclic amines) is 2. The molecule has 1 aromatic rings. The Kier molecular flexibility index (Phi) is 5.15. The van der Waals surface area contributed by atoms with E-state index in [9.17, 15) is 14.7 Å². The Labute approximate surface area is 172 Å². The van der Waals surface area contributed by atoms with Crippen LogP contribution in [0.4, 0.5) is 4.79 Å². The van der Waals surface area contributed by atoms with E-state index in [2.05, 4.69) is 35.7 Å². The lowest BCUT2D eigenvalue weighted by molar-refractivity contribution is -0.191. The second kappa shape index (κ2) is 7.48. The first-order chi connectivity index (χ1) is 13.9. The molecule has 29 heavy (non-hydrogen) atoms. The summed E-state index contributed by atoms with van der Waals surface area (Å²) in [7, 11) is 0. The second-order valence-electron chi connectivity index (χ2n) is 8.92. The zero-order valence-corrected chi connectivity index (χ0v) is 17.5. The maximum absolute atomic E-state index is 12.4. The van der Waals surface area contributed by atoms with Gasteiger partial charge in [-0.3, -0.25) is 4.79 Å². The normalized spacial score (nSPS) is 24.9. The minimum Gasteiger partial charge on any atom is -0.394 e. The van der Waals surface area contributed by atoms with E-state index in [0.717, 1.165) is 18.4 Å². The van der Waals surface area contributed by atoms with E-state index in [1.807, 2.05) is 13.8 Å². The number of nitrogens with one attached hydrogen (secondary N) is 1. The Hall–Kier alpha value is -2.34. The van der Waals surface area contributed by atoms with Crippen molar-refractivity contribution in [2.24, 2.45) is 0 Å². The SMILES string of the molecule is CC(=O)N1[C@@H](CO)[C@@H](c2ccc(C3=CCCC3)cc2)C12CN(C(=O)NC(C)C)C2. The van der Waals surface area contributed by atoms with Gasteiger partial charge in [0.25, 0.3) is 0 Å². The quantitative estimate of drug-likeness (QED) is 0.821. The molecule has 156 valence electrons. The van der Waals surface area contributed by atoms with Crippen molar-refractivity contribution in [3.05, 3.63) is 41.5 Å². The van der Waals surface area contributed by atoms with Crippen molar-refractivity contribution >= 4 is 17.5 Å².